The highest BCUT2D eigenvalue weighted by molar-refractivity contribution is 6.89. The molecule has 0 aliphatic heterocycles. The molecule has 6 radical (unpaired) electrons. The Morgan fingerprint density at radius 2 is 1.38 bits per heavy atom. The van der Waals surface area contributed by atoms with E-state index in [1.807, 2.05) is 0 Å². The lowest BCUT2D eigenvalue weighted by Crippen LogP contribution is -2.10. The fraction of sp³-hybridized carbons (Fsp3) is 1.00. The molecule has 0 saturated carbocycles. The molecule has 2 nitrogen and oxygen atoms in total. The summed E-state index contributed by atoms with van der Waals surface area (Å²) in [5.74, 6) is 0.703. The van der Waals surface area contributed by atoms with Crippen LogP contribution in [0.3, 0.4) is 0 Å². The van der Waals surface area contributed by atoms with Gasteiger partial charge in [-0.2, -0.15) is 0 Å². The molecular formula is C18H38B4O2. The smallest absolute Gasteiger partial charge is 0.0571 e. The molecule has 0 heterocycles. The van der Waals surface area contributed by atoms with Gasteiger partial charge in [0.2, 0.25) is 0 Å². The van der Waals surface area contributed by atoms with Crippen LogP contribution >= 0.6 is 0 Å². The molecule has 2 atom stereocenters. The molecule has 6 heteroatoms. The second kappa shape index (κ2) is 23.2. The van der Waals surface area contributed by atoms with Crippen molar-refractivity contribution < 1.29 is 9.47 Å². The number of hydrogen-bond acceptors (Lipinski definition) is 2. The van der Waals surface area contributed by atoms with Gasteiger partial charge in [0.25, 0.3) is 0 Å². The highest BCUT2D eigenvalue weighted by Crippen LogP contribution is 2.15. The Bertz CT molecular complexity index is 213. The van der Waals surface area contributed by atoms with E-state index in [9.17, 15) is 0 Å². The van der Waals surface area contributed by atoms with Gasteiger partial charge in [-0.15, -0.1) is 0 Å². The third kappa shape index (κ3) is 20.2. The van der Waals surface area contributed by atoms with Crippen LogP contribution in [-0.2, 0) is 9.47 Å². The van der Waals surface area contributed by atoms with Gasteiger partial charge in [-0.05, 0) is 25.2 Å². The van der Waals surface area contributed by atoms with Crippen LogP contribution in [0.5, 0.6) is 0 Å². The van der Waals surface area contributed by atoms with Crippen LogP contribution in [0.2, 0.25) is 12.6 Å². The predicted octanol–water partition coefficient (Wildman–Crippen LogP) is 4.21. The first-order chi connectivity index (χ1) is 11.7. The molecule has 0 bridgehead atoms. The van der Waals surface area contributed by atoms with Crippen molar-refractivity contribution in [2.45, 2.75) is 90.4 Å². The van der Waals surface area contributed by atoms with E-state index in [-0.39, 0.29) is 0 Å². The van der Waals surface area contributed by atoms with Gasteiger partial charge >= 0.3 is 0 Å². The quantitative estimate of drug-likeness (QED) is 0.312. The van der Waals surface area contributed by atoms with Crippen LogP contribution < -0.4 is 0 Å². The van der Waals surface area contributed by atoms with Crippen molar-refractivity contribution in [1.82, 2.24) is 0 Å². The Kier molecular flexibility index (Phi) is 25.5. The SMILES string of the molecule is [B][B]CCC(CCCC)COC.[B][B]CCCC(CCCC)OC. The van der Waals surface area contributed by atoms with Crippen molar-refractivity contribution in [2.24, 2.45) is 5.92 Å². The van der Waals surface area contributed by atoms with E-state index in [2.05, 4.69) is 13.8 Å². The van der Waals surface area contributed by atoms with E-state index in [1.165, 1.54) is 44.9 Å². The van der Waals surface area contributed by atoms with Crippen molar-refractivity contribution >= 4 is 29.8 Å². The Morgan fingerprint density at radius 3 is 1.88 bits per heavy atom. The normalized spacial score (nSPS) is 12.8. The van der Waals surface area contributed by atoms with E-state index in [0.29, 0.717) is 12.0 Å². The molecule has 0 aliphatic rings. The Balaban J connectivity index is 0. The van der Waals surface area contributed by atoms with Gasteiger partial charge in [0.05, 0.1) is 20.4 Å². The maximum absolute atomic E-state index is 5.34. The summed E-state index contributed by atoms with van der Waals surface area (Å²) in [6.45, 7) is 5.31. The summed E-state index contributed by atoms with van der Waals surface area (Å²) in [7, 11) is 17.7. The summed E-state index contributed by atoms with van der Waals surface area (Å²) in [6.07, 6.45) is 13.5. The van der Waals surface area contributed by atoms with Gasteiger partial charge in [-0.1, -0.05) is 65.0 Å². The Labute approximate surface area is 156 Å². The third-order valence-corrected chi connectivity index (χ3v) is 4.22. The van der Waals surface area contributed by atoms with Crippen LogP contribution in [-0.4, -0.2) is 56.7 Å². The Morgan fingerprint density at radius 1 is 0.792 bits per heavy atom. The van der Waals surface area contributed by atoms with Crippen LogP contribution in [0.1, 0.15) is 71.6 Å². The minimum Gasteiger partial charge on any atom is -0.384 e. The summed E-state index contributed by atoms with van der Waals surface area (Å²) in [6, 6.07) is 0. The number of methoxy groups -OCH3 is 2. The topological polar surface area (TPSA) is 18.5 Å². The minimum atomic E-state index is 0.449. The van der Waals surface area contributed by atoms with Crippen molar-refractivity contribution in [3.63, 3.8) is 0 Å². The van der Waals surface area contributed by atoms with Crippen molar-refractivity contribution in [3.8, 4) is 0 Å². The predicted molar refractivity (Wildman–Crippen MR) is 112 cm³/mol. The molecule has 0 saturated heterocycles. The largest absolute Gasteiger partial charge is 0.384 e. The molecule has 24 heavy (non-hydrogen) atoms. The molecule has 0 spiro atoms. The zero-order valence-electron chi connectivity index (χ0n) is 16.8. The molecule has 0 aliphatic carbocycles. The van der Waals surface area contributed by atoms with Crippen molar-refractivity contribution in [2.75, 3.05) is 20.8 Å². The molecule has 134 valence electrons. The third-order valence-electron chi connectivity index (χ3n) is 4.22. The molecule has 0 aromatic heterocycles. The maximum atomic E-state index is 5.34. The maximum Gasteiger partial charge on any atom is 0.0571 e. The molecule has 0 aromatic carbocycles. The van der Waals surface area contributed by atoms with Gasteiger partial charge in [-0.3, -0.25) is 0 Å². The molecule has 2 unspecified atom stereocenters. The van der Waals surface area contributed by atoms with E-state index >= 15 is 0 Å². The summed E-state index contributed by atoms with van der Waals surface area (Å²) >= 11 is 0. The van der Waals surface area contributed by atoms with E-state index in [4.69, 9.17) is 24.9 Å². The van der Waals surface area contributed by atoms with Crippen LogP contribution in [0, 0.1) is 5.92 Å². The summed E-state index contributed by atoms with van der Waals surface area (Å²) in [4.78, 5) is 0. The molecule has 0 aromatic rings. The number of rotatable bonds is 16. The van der Waals surface area contributed by atoms with E-state index < -0.39 is 0 Å². The van der Waals surface area contributed by atoms with Crippen LogP contribution in [0.25, 0.3) is 0 Å². The van der Waals surface area contributed by atoms with Crippen molar-refractivity contribution in [3.05, 3.63) is 0 Å². The van der Waals surface area contributed by atoms with E-state index in [0.717, 1.165) is 32.1 Å². The standard InChI is InChI=1S/2C9H19B2O/c1-3-4-6-9(12-2)7-5-8-11-10;1-3-4-5-9(8-12-2)6-7-11-10/h2*9H,3-8H2,1-2H3. The second-order valence-corrected chi connectivity index (χ2v) is 6.44. The minimum absolute atomic E-state index is 0.449. The highest BCUT2D eigenvalue weighted by atomic mass is 16.5. The van der Waals surface area contributed by atoms with Gasteiger partial charge in [-0.25, -0.2) is 0 Å². The molecule has 0 rings (SSSR count). The zero-order valence-corrected chi connectivity index (χ0v) is 16.8. The molecular weight excluding hydrogens is 291 g/mol. The Hall–Kier alpha value is 0.180. The lowest BCUT2D eigenvalue weighted by molar-refractivity contribution is 0.0854. The summed E-state index contributed by atoms with van der Waals surface area (Å²) < 4.78 is 10.5. The first kappa shape index (κ1) is 26.4. The number of unbranched alkanes of at least 4 members (excludes halogenated alkanes) is 2. The highest BCUT2D eigenvalue weighted by Gasteiger charge is 2.06. The monoisotopic (exact) mass is 330 g/mol. The first-order valence-corrected chi connectivity index (χ1v) is 9.78. The molecule has 0 amide bonds. The van der Waals surface area contributed by atoms with Crippen molar-refractivity contribution in [1.29, 1.82) is 0 Å². The van der Waals surface area contributed by atoms with Crippen LogP contribution in [0.15, 0.2) is 0 Å². The first-order valence-electron chi connectivity index (χ1n) is 9.78. The van der Waals surface area contributed by atoms with Gasteiger partial charge in [0.15, 0.2) is 0 Å². The van der Waals surface area contributed by atoms with Gasteiger partial charge in [0, 0.05) is 36.3 Å². The van der Waals surface area contributed by atoms with Gasteiger partial charge < -0.3 is 9.47 Å². The average molecular weight is 330 g/mol. The molecule has 0 fully saturated rings. The lowest BCUT2D eigenvalue weighted by Gasteiger charge is -2.14. The molecule has 0 N–H and O–H groups in total. The number of hydrogen-bond donors (Lipinski definition) is 0. The second-order valence-electron chi connectivity index (χ2n) is 6.44. The zero-order chi connectivity index (χ0) is 18.5. The summed E-state index contributed by atoms with van der Waals surface area (Å²) in [5, 5.41) is 0. The van der Waals surface area contributed by atoms with Gasteiger partial charge in [0.1, 0.15) is 0 Å². The fourth-order valence-corrected chi connectivity index (χ4v) is 2.65. The van der Waals surface area contributed by atoms with E-state index in [1.54, 1.807) is 28.6 Å². The summed E-state index contributed by atoms with van der Waals surface area (Å²) in [5.41, 5.74) is 0. The van der Waals surface area contributed by atoms with Crippen LogP contribution in [0.4, 0.5) is 0 Å². The number of ether oxygens (including phenoxy) is 2. The lowest BCUT2D eigenvalue weighted by atomic mass is 9.52. The fourth-order valence-electron chi connectivity index (χ4n) is 2.65. The average Bonchev–Trinajstić information content (AvgIpc) is 2.61.